The first-order chi connectivity index (χ1) is 8.61. The molecule has 1 aliphatic heterocycles. The lowest BCUT2D eigenvalue weighted by Crippen LogP contribution is -2.55. The maximum absolute atomic E-state index is 9.57. The molecule has 0 aromatic heterocycles. The molecule has 1 aromatic carbocycles. The van der Waals surface area contributed by atoms with Crippen molar-refractivity contribution in [3.05, 3.63) is 29.8 Å². The topological polar surface area (TPSA) is 52.7 Å². The Bertz CT molecular complexity index is 396. The van der Waals surface area contributed by atoms with Gasteiger partial charge in [0.15, 0.2) is 0 Å². The highest BCUT2D eigenvalue weighted by molar-refractivity contribution is 5.29. The van der Waals surface area contributed by atoms with E-state index < -0.39 is 0 Å². The summed E-state index contributed by atoms with van der Waals surface area (Å²) < 4.78 is 0. The summed E-state index contributed by atoms with van der Waals surface area (Å²) in [6.45, 7) is 5.96. The van der Waals surface area contributed by atoms with Gasteiger partial charge in [0, 0.05) is 38.3 Å². The molecule has 0 aliphatic carbocycles. The first kappa shape index (κ1) is 13.3. The van der Waals surface area contributed by atoms with E-state index in [1.165, 1.54) is 0 Å². The standard InChI is InChI=1S/C14H23N3O/c1-11(12-4-3-5-14(18)8-12)17-7-6-16(2)10-13(17)9-15/h3-5,8,11,13,18H,6-7,9-10,15H2,1-2H3. The smallest absolute Gasteiger partial charge is 0.115 e. The molecule has 100 valence electrons. The zero-order valence-corrected chi connectivity index (χ0v) is 11.2. The van der Waals surface area contributed by atoms with Crippen LogP contribution in [0.25, 0.3) is 0 Å². The molecule has 0 amide bonds. The van der Waals surface area contributed by atoms with Crippen molar-refractivity contribution in [3.8, 4) is 5.75 Å². The molecule has 1 fully saturated rings. The average molecular weight is 249 g/mol. The zero-order valence-electron chi connectivity index (χ0n) is 11.2. The van der Waals surface area contributed by atoms with E-state index in [9.17, 15) is 5.11 Å². The number of rotatable bonds is 3. The van der Waals surface area contributed by atoms with E-state index in [-0.39, 0.29) is 0 Å². The molecule has 0 radical (unpaired) electrons. The molecular weight excluding hydrogens is 226 g/mol. The molecule has 2 atom stereocenters. The molecule has 0 spiro atoms. The molecule has 1 saturated heterocycles. The van der Waals surface area contributed by atoms with E-state index in [1.807, 2.05) is 12.1 Å². The molecule has 0 saturated carbocycles. The van der Waals surface area contributed by atoms with Gasteiger partial charge in [0.25, 0.3) is 0 Å². The minimum Gasteiger partial charge on any atom is -0.508 e. The predicted molar refractivity (Wildman–Crippen MR) is 73.6 cm³/mol. The Morgan fingerprint density at radius 3 is 2.89 bits per heavy atom. The normalized spacial score (nSPS) is 24.1. The molecule has 3 N–H and O–H groups in total. The molecule has 1 aromatic rings. The van der Waals surface area contributed by atoms with Crippen molar-refractivity contribution in [1.82, 2.24) is 9.80 Å². The number of aromatic hydroxyl groups is 1. The Kier molecular flexibility index (Phi) is 4.22. The van der Waals surface area contributed by atoms with Crippen LogP contribution in [0.15, 0.2) is 24.3 Å². The number of benzene rings is 1. The lowest BCUT2D eigenvalue weighted by atomic mass is 10.0. The van der Waals surface area contributed by atoms with E-state index >= 15 is 0 Å². The maximum atomic E-state index is 9.57. The Balaban J connectivity index is 2.14. The number of nitrogens with zero attached hydrogens (tertiary/aromatic N) is 2. The highest BCUT2D eigenvalue weighted by atomic mass is 16.3. The van der Waals surface area contributed by atoms with Crippen LogP contribution in [0.5, 0.6) is 5.75 Å². The van der Waals surface area contributed by atoms with Crippen molar-refractivity contribution in [3.63, 3.8) is 0 Å². The third-order valence-corrected chi connectivity index (χ3v) is 3.85. The Labute approximate surface area is 109 Å². The number of nitrogens with two attached hydrogens (primary N) is 1. The Morgan fingerprint density at radius 1 is 1.44 bits per heavy atom. The van der Waals surface area contributed by atoms with Crippen molar-refractivity contribution in [2.75, 3.05) is 33.2 Å². The van der Waals surface area contributed by atoms with Gasteiger partial charge in [0.2, 0.25) is 0 Å². The zero-order chi connectivity index (χ0) is 13.1. The minimum atomic E-state index is 0.291. The summed E-state index contributed by atoms with van der Waals surface area (Å²) in [6.07, 6.45) is 0. The largest absolute Gasteiger partial charge is 0.508 e. The SMILES string of the molecule is CC(c1cccc(O)c1)N1CCN(C)CC1CN. The van der Waals surface area contributed by atoms with Crippen molar-refractivity contribution >= 4 is 0 Å². The quantitative estimate of drug-likeness (QED) is 0.840. The van der Waals surface area contributed by atoms with Crippen molar-refractivity contribution in [2.24, 2.45) is 5.73 Å². The molecule has 1 heterocycles. The van der Waals surface area contributed by atoms with Gasteiger partial charge in [0.05, 0.1) is 0 Å². The number of phenols is 1. The summed E-state index contributed by atoms with van der Waals surface area (Å²) in [5.74, 6) is 0.331. The third kappa shape index (κ3) is 2.83. The van der Waals surface area contributed by atoms with Crippen LogP contribution in [0.1, 0.15) is 18.5 Å². The molecule has 1 aliphatic rings. The molecule has 4 nitrogen and oxygen atoms in total. The number of likely N-dealkylation sites (N-methyl/N-ethyl adjacent to an activating group) is 1. The lowest BCUT2D eigenvalue weighted by Gasteiger charge is -2.43. The number of phenolic OH excluding ortho intramolecular Hbond substituents is 1. The van der Waals surface area contributed by atoms with Gasteiger partial charge in [-0.15, -0.1) is 0 Å². The first-order valence-electron chi connectivity index (χ1n) is 6.55. The van der Waals surface area contributed by atoms with E-state index in [2.05, 4.69) is 29.8 Å². The third-order valence-electron chi connectivity index (χ3n) is 3.85. The summed E-state index contributed by atoms with van der Waals surface area (Å²) in [7, 11) is 2.14. The monoisotopic (exact) mass is 249 g/mol. The van der Waals surface area contributed by atoms with Gasteiger partial charge in [-0.1, -0.05) is 12.1 Å². The van der Waals surface area contributed by atoms with E-state index in [4.69, 9.17) is 5.73 Å². The van der Waals surface area contributed by atoms with Crippen LogP contribution in [0.4, 0.5) is 0 Å². The second-order valence-electron chi connectivity index (χ2n) is 5.16. The maximum Gasteiger partial charge on any atom is 0.115 e. The fourth-order valence-electron chi connectivity index (χ4n) is 2.72. The summed E-state index contributed by atoms with van der Waals surface area (Å²) in [6, 6.07) is 8.20. The number of hydrogen-bond acceptors (Lipinski definition) is 4. The van der Waals surface area contributed by atoms with Crippen LogP contribution >= 0.6 is 0 Å². The summed E-state index contributed by atoms with van der Waals surface area (Å²) in [5.41, 5.74) is 7.03. The summed E-state index contributed by atoms with van der Waals surface area (Å²) in [5, 5.41) is 9.57. The van der Waals surface area contributed by atoms with Crippen LogP contribution in [0, 0.1) is 0 Å². The predicted octanol–water partition coefficient (Wildman–Crippen LogP) is 1.03. The van der Waals surface area contributed by atoms with Gasteiger partial charge in [-0.3, -0.25) is 4.90 Å². The molecular formula is C14H23N3O. The van der Waals surface area contributed by atoms with E-state index in [1.54, 1.807) is 6.07 Å². The van der Waals surface area contributed by atoms with Crippen molar-refractivity contribution < 1.29 is 5.11 Å². The summed E-state index contributed by atoms with van der Waals surface area (Å²) in [4.78, 5) is 4.76. The van der Waals surface area contributed by atoms with Crippen LogP contribution < -0.4 is 5.73 Å². The summed E-state index contributed by atoms with van der Waals surface area (Å²) >= 11 is 0. The molecule has 2 unspecified atom stereocenters. The van der Waals surface area contributed by atoms with Gasteiger partial charge in [0.1, 0.15) is 5.75 Å². The van der Waals surface area contributed by atoms with Gasteiger partial charge < -0.3 is 15.7 Å². The average Bonchev–Trinajstić information content (AvgIpc) is 2.37. The van der Waals surface area contributed by atoms with E-state index in [0.717, 1.165) is 25.2 Å². The first-order valence-corrected chi connectivity index (χ1v) is 6.55. The molecule has 2 rings (SSSR count). The van der Waals surface area contributed by atoms with Crippen molar-refractivity contribution in [1.29, 1.82) is 0 Å². The highest BCUT2D eigenvalue weighted by Gasteiger charge is 2.28. The highest BCUT2D eigenvalue weighted by Crippen LogP contribution is 2.26. The van der Waals surface area contributed by atoms with Crippen molar-refractivity contribution in [2.45, 2.75) is 19.0 Å². The second-order valence-corrected chi connectivity index (χ2v) is 5.16. The Hall–Kier alpha value is -1.10. The second kappa shape index (κ2) is 5.69. The van der Waals surface area contributed by atoms with Crippen LogP contribution in [-0.2, 0) is 0 Å². The van der Waals surface area contributed by atoms with Crippen LogP contribution in [0.3, 0.4) is 0 Å². The van der Waals surface area contributed by atoms with E-state index in [0.29, 0.717) is 24.4 Å². The van der Waals surface area contributed by atoms with Gasteiger partial charge in [-0.2, -0.15) is 0 Å². The fourth-order valence-corrected chi connectivity index (χ4v) is 2.72. The van der Waals surface area contributed by atoms with Crippen LogP contribution in [0.2, 0.25) is 0 Å². The lowest BCUT2D eigenvalue weighted by molar-refractivity contribution is 0.0620. The molecule has 4 heteroatoms. The minimum absolute atomic E-state index is 0.291. The molecule has 0 bridgehead atoms. The molecule has 18 heavy (non-hydrogen) atoms. The Morgan fingerprint density at radius 2 is 2.22 bits per heavy atom. The fraction of sp³-hybridized carbons (Fsp3) is 0.571. The number of hydrogen-bond donors (Lipinski definition) is 2. The van der Waals surface area contributed by atoms with Gasteiger partial charge in [-0.05, 0) is 31.7 Å². The van der Waals surface area contributed by atoms with Gasteiger partial charge in [-0.25, -0.2) is 0 Å². The van der Waals surface area contributed by atoms with Crippen LogP contribution in [-0.4, -0.2) is 54.2 Å². The number of piperazine rings is 1. The van der Waals surface area contributed by atoms with Gasteiger partial charge >= 0.3 is 0 Å².